The van der Waals surface area contributed by atoms with Crippen molar-refractivity contribution in [2.75, 3.05) is 31.1 Å². The van der Waals surface area contributed by atoms with Crippen LogP contribution in [-0.4, -0.2) is 42.0 Å². The molecule has 96 valence electrons. The molecule has 0 spiro atoms. The van der Waals surface area contributed by atoms with Crippen LogP contribution in [0.15, 0.2) is 18.8 Å². The summed E-state index contributed by atoms with van der Waals surface area (Å²) in [4.78, 5) is 19.9. The molecule has 2 heterocycles. The monoisotopic (exact) mass is 245 g/mol. The van der Waals surface area contributed by atoms with E-state index in [0.717, 1.165) is 43.1 Å². The number of carbonyl (C=O) groups excluding carboxylic acids is 1. The first-order valence-corrected chi connectivity index (χ1v) is 6.21. The van der Waals surface area contributed by atoms with Crippen LogP contribution in [0.2, 0.25) is 0 Å². The van der Waals surface area contributed by atoms with Crippen molar-refractivity contribution in [3.8, 4) is 0 Å². The topological polar surface area (TPSA) is 36.4 Å². The third-order valence-corrected chi connectivity index (χ3v) is 3.33. The molecule has 1 aliphatic rings. The summed E-state index contributed by atoms with van der Waals surface area (Å²) in [5.41, 5.74) is 2.20. The third kappa shape index (κ3) is 2.53. The van der Waals surface area contributed by atoms with Crippen LogP contribution < -0.4 is 4.90 Å². The van der Waals surface area contributed by atoms with Crippen molar-refractivity contribution in [2.45, 2.75) is 13.8 Å². The Morgan fingerprint density at radius 1 is 1.39 bits per heavy atom. The normalized spacial score (nSPS) is 15.7. The summed E-state index contributed by atoms with van der Waals surface area (Å²) in [6.07, 6.45) is 3.64. The number of aromatic nitrogens is 1. The molecule has 0 atom stereocenters. The Labute approximate surface area is 108 Å². The van der Waals surface area contributed by atoms with E-state index < -0.39 is 0 Å². The summed E-state index contributed by atoms with van der Waals surface area (Å²) in [5.74, 6) is 1.17. The van der Waals surface area contributed by atoms with Crippen LogP contribution in [-0.2, 0) is 4.79 Å². The van der Waals surface area contributed by atoms with Crippen molar-refractivity contribution >= 4 is 17.8 Å². The molecule has 0 saturated carbocycles. The lowest BCUT2D eigenvalue weighted by molar-refractivity contribution is -0.129. The van der Waals surface area contributed by atoms with Gasteiger partial charge >= 0.3 is 0 Å². The van der Waals surface area contributed by atoms with Crippen molar-refractivity contribution in [3.63, 3.8) is 0 Å². The number of pyridine rings is 1. The summed E-state index contributed by atoms with van der Waals surface area (Å²) in [7, 11) is 0. The maximum atomic E-state index is 11.3. The Bertz CT molecular complexity index is 462. The van der Waals surface area contributed by atoms with Gasteiger partial charge in [-0.2, -0.15) is 0 Å². The van der Waals surface area contributed by atoms with E-state index in [4.69, 9.17) is 0 Å². The smallest absolute Gasteiger partial charge is 0.219 e. The molecule has 1 amide bonds. The Morgan fingerprint density at radius 3 is 2.56 bits per heavy atom. The Balaban J connectivity index is 2.10. The van der Waals surface area contributed by atoms with Gasteiger partial charge in [-0.25, -0.2) is 4.98 Å². The highest BCUT2D eigenvalue weighted by molar-refractivity contribution is 5.73. The summed E-state index contributed by atoms with van der Waals surface area (Å²) in [5, 5.41) is 0. The molecule has 2 rings (SSSR count). The number of hydrogen-bond acceptors (Lipinski definition) is 3. The molecule has 0 aromatic carbocycles. The molecule has 0 unspecified atom stereocenters. The van der Waals surface area contributed by atoms with E-state index in [2.05, 4.69) is 29.5 Å². The van der Waals surface area contributed by atoms with Crippen molar-refractivity contribution in [1.29, 1.82) is 0 Å². The van der Waals surface area contributed by atoms with Gasteiger partial charge in [0.2, 0.25) is 5.91 Å². The number of anilines is 1. The minimum absolute atomic E-state index is 0.154. The Hall–Kier alpha value is -1.84. The van der Waals surface area contributed by atoms with Crippen molar-refractivity contribution in [1.82, 2.24) is 9.88 Å². The van der Waals surface area contributed by atoms with Gasteiger partial charge in [-0.15, -0.1) is 0 Å². The fraction of sp³-hybridized carbons (Fsp3) is 0.429. The van der Waals surface area contributed by atoms with E-state index in [1.165, 1.54) is 0 Å². The van der Waals surface area contributed by atoms with Gasteiger partial charge in [0.1, 0.15) is 5.82 Å². The molecular weight excluding hydrogens is 226 g/mol. The number of rotatable bonds is 2. The van der Waals surface area contributed by atoms with Gasteiger partial charge in [-0.3, -0.25) is 4.79 Å². The van der Waals surface area contributed by atoms with Crippen LogP contribution in [0.25, 0.3) is 6.08 Å². The number of nitrogens with zero attached hydrogens (tertiary/aromatic N) is 3. The van der Waals surface area contributed by atoms with Gasteiger partial charge < -0.3 is 9.80 Å². The molecule has 0 bridgehead atoms. The molecule has 1 aromatic heterocycles. The molecule has 18 heavy (non-hydrogen) atoms. The minimum atomic E-state index is 0.154. The quantitative estimate of drug-likeness (QED) is 0.795. The molecule has 1 aliphatic heterocycles. The molecule has 4 nitrogen and oxygen atoms in total. The number of carbonyl (C=O) groups is 1. The second kappa shape index (κ2) is 5.21. The van der Waals surface area contributed by atoms with Crippen molar-refractivity contribution in [3.05, 3.63) is 30.0 Å². The lowest BCUT2D eigenvalue weighted by Gasteiger charge is -2.35. The Morgan fingerprint density at radius 2 is 2.06 bits per heavy atom. The second-order valence-corrected chi connectivity index (χ2v) is 4.61. The first-order valence-electron chi connectivity index (χ1n) is 6.21. The summed E-state index contributed by atoms with van der Waals surface area (Å²) >= 11 is 0. The van der Waals surface area contributed by atoms with E-state index in [-0.39, 0.29) is 5.91 Å². The molecular formula is C14H19N3O. The van der Waals surface area contributed by atoms with E-state index in [9.17, 15) is 4.79 Å². The van der Waals surface area contributed by atoms with Crippen molar-refractivity contribution in [2.24, 2.45) is 0 Å². The molecule has 1 aromatic rings. The minimum Gasteiger partial charge on any atom is -0.353 e. The second-order valence-electron chi connectivity index (χ2n) is 4.61. The maximum absolute atomic E-state index is 11.3. The molecule has 0 N–H and O–H groups in total. The standard InChI is InChI=1S/C14H19N3O/c1-4-13-9-11(2)14(15-10-13)17-7-5-16(6-8-17)12(3)18/h4,9-10H,1,5-8H2,2-3H3. The zero-order valence-electron chi connectivity index (χ0n) is 11.0. The van der Waals surface area contributed by atoms with E-state index in [1.807, 2.05) is 11.1 Å². The van der Waals surface area contributed by atoms with Crippen molar-refractivity contribution < 1.29 is 4.79 Å². The maximum Gasteiger partial charge on any atom is 0.219 e. The molecule has 0 aliphatic carbocycles. The highest BCUT2D eigenvalue weighted by atomic mass is 16.2. The highest BCUT2D eigenvalue weighted by Crippen LogP contribution is 2.19. The predicted molar refractivity (Wildman–Crippen MR) is 73.5 cm³/mol. The van der Waals surface area contributed by atoms with Gasteiger partial charge in [0.15, 0.2) is 0 Å². The van der Waals surface area contributed by atoms with Gasteiger partial charge in [0.25, 0.3) is 0 Å². The van der Waals surface area contributed by atoms with E-state index >= 15 is 0 Å². The SMILES string of the molecule is C=Cc1cnc(N2CCN(C(C)=O)CC2)c(C)c1. The lowest BCUT2D eigenvalue weighted by Crippen LogP contribution is -2.48. The van der Waals surface area contributed by atoms with Crippen LogP contribution in [0.3, 0.4) is 0 Å². The van der Waals surface area contributed by atoms with Gasteiger partial charge in [-0.1, -0.05) is 12.7 Å². The fourth-order valence-electron chi connectivity index (χ4n) is 2.27. The van der Waals surface area contributed by atoms with Crippen LogP contribution in [0.4, 0.5) is 5.82 Å². The molecule has 1 saturated heterocycles. The summed E-state index contributed by atoms with van der Waals surface area (Å²) < 4.78 is 0. The zero-order valence-corrected chi connectivity index (χ0v) is 11.0. The molecule has 4 heteroatoms. The molecule has 1 fully saturated rings. The van der Waals surface area contributed by atoms with Gasteiger partial charge in [0, 0.05) is 39.3 Å². The van der Waals surface area contributed by atoms with Crippen LogP contribution in [0.1, 0.15) is 18.1 Å². The fourth-order valence-corrected chi connectivity index (χ4v) is 2.27. The van der Waals surface area contributed by atoms with Crippen LogP contribution >= 0.6 is 0 Å². The summed E-state index contributed by atoms with van der Waals surface area (Å²) in [6, 6.07) is 2.09. The third-order valence-electron chi connectivity index (χ3n) is 3.33. The number of hydrogen-bond donors (Lipinski definition) is 0. The number of aryl methyl sites for hydroxylation is 1. The lowest BCUT2D eigenvalue weighted by atomic mass is 10.2. The summed E-state index contributed by atoms with van der Waals surface area (Å²) in [6.45, 7) is 10.7. The largest absolute Gasteiger partial charge is 0.353 e. The first-order chi connectivity index (χ1) is 8.61. The van der Waals surface area contributed by atoms with E-state index in [1.54, 1.807) is 13.0 Å². The average Bonchev–Trinajstić information content (AvgIpc) is 2.38. The van der Waals surface area contributed by atoms with Crippen LogP contribution in [0, 0.1) is 6.92 Å². The van der Waals surface area contributed by atoms with E-state index in [0.29, 0.717) is 0 Å². The number of amides is 1. The van der Waals surface area contributed by atoms with Gasteiger partial charge in [0.05, 0.1) is 0 Å². The first kappa shape index (κ1) is 12.6. The Kier molecular flexibility index (Phi) is 3.65. The van der Waals surface area contributed by atoms with Gasteiger partial charge in [-0.05, 0) is 24.1 Å². The number of piperazine rings is 1. The predicted octanol–water partition coefficient (Wildman–Crippen LogP) is 1.70. The average molecular weight is 245 g/mol. The highest BCUT2D eigenvalue weighted by Gasteiger charge is 2.20. The molecule has 0 radical (unpaired) electrons. The van der Waals surface area contributed by atoms with Crippen LogP contribution in [0.5, 0.6) is 0 Å². The zero-order chi connectivity index (χ0) is 13.1.